The normalized spacial score (nSPS) is 11.5. The Morgan fingerprint density at radius 3 is 1.41 bits per heavy atom. The molecule has 0 radical (unpaired) electrons. The summed E-state index contributed by atoms with van der Waals surface area (Å²) in [6.45, 7) is 0. The van der Waals surface area contributed by atoms with Crippen LogP contribution in [0.2, 0.25) is 0 Å². The molecule has 34 heavy (non-hydrogen) atoms. The monoisotopic (exact) mass is 474 g/mol. The van der Waals surface area contributed by atoms with Crippen molar-refractivity contribution in [3.05, 3.63) is 107 Å². The summed E-state index contributed by atoms with van der Waals surface area (Å²) < 4.78 is 114. The third-order valence-electron chi connectivity index (χ3n) is 5.63. The summed E-state index contributed by atoms with van der Waals surface area (Å²) in [5.41, 5.74) is -1.38. The van der Waals surface area contributed by atoms with Crippen LogP contribution in [0.1, 0.15) is 0 Å². The molecule has 0 aromatic heterocycles. The predicted molar refractivity (Wildman–Crippen MR) is 112 cm³/mol. The van der Waals surface area contributed by atoms with E-state index in [1.165, 1.54) is 30.3 Å². The minimum atomic E-state index is -1.73. The molecule has 0 aliphatic rings. The van der Waals surface area contributed by atoms with Gasteiger partial charge in [-0.25, -0.2) is 35.1 Å². The number of halogens is 8. The molecule has 5 rings (SSSR count). The van der Waals surface area contributed by atoms with E-state index in [2.05, 4.69) is 0 Å². The summed E-state index contributed by atoms with van der Waals surface area (Å²) >= 11 is 0. The van der Waals surface area contributed by atoms with Crippen LogP contribution in [0.4, 0.5) is 35.1 Å². The van der Waals surface area contributed by atoms with E-state index in [1.807, 2.05) is 0 Å². The van der Waals surface area contributed by atoms with E-state index in [9.17, 15) is 35.1 Å². The third-order valence-corrected chi connectivity index (χ3v) is 5.63. The van der Waals surface area contributed by atoms with Gasteiger partial charge in [-0.2, -0.15) is 0 Å². The molecule has 0 fully saturated rings. The molecule has 0 bridgehead atoms. The van der Waals surface area contributed by atoms with E-state index >= 15 is 0 Å². The van der Waals surface area contributed by atoms with Crippen LogP contribution < -0.4 is 0 Å². The number of fused-ring (bicyclic) bond motifs is 2. The minimum Gasteiger partial charge on any atom is -0.204 e. The molecule has 0 saturated carbocycles. The highest BCUT2D eigenvalue weighted by atomic mass is 19.2. The van der Waals surface area contributed by atoms with E-state index in [1.54, 1.807) is 0 Å². The van der Waals surface area contributed by atoms with Crippen molar-refractivity contribution in [2.75, 3.05) is 0 Å². The Labute approximate surface area is 186 Å². The van der Waals surface area contributed by atoms with Crippen molar-refractivity contribution in [2.45, 2.75) is 0 Å². The first-order valence-electron chi connectivity index (χ1n) is 9.81. The molecule has 5 aromatic rings. The lowest BCUT2D eigenvalue weighted by Gasteiger charge is -2.19. The average Bonchev–Trinajstić information content (AvgIpc) is 2.80. The topological polar surface area (TPSA) is 0 Å². The summed E-state index contributed by atoms with van der Waals surface area (Å²) in [5, 5.41) is -0.240. The van der Waals surface area contributed by atoms with Gasteiger partial charge in [0, 0.05) is 11.6 Å². The highest BCUT2D eigenvalue weighted by molar-refractivity contribution is 6.21. The summed E-state index contributed by atoms with van der Waals surface area (Å²) in [6.07, 6.45) is 0. The SMILES string of the molecule is Fc1ccc(-c2c3ccccc3c(-c3c(F)c(F)cc(F)c3F)c3cc(F)c(F)cc23)cc1F. The zero-order valence-electron chi connectivity index (χ0n) is 16.8. The Kier molecular flexibility index (Phi) is 5.04. The molecule has 0 amide bonds. The van der Waals surface area contributed by atoms with Gasteiger partial charge in [0.15, 0.2) is 46.5 Å². The van der Waals surface area contributed by atoms with E-state index in [4.69, 9.17) is 0 Å². The fourth-order valence-corrected chi connectivity index (χ4v) is 4.19. The standard InChI is InChI=1S/C26H10F8/c27-16-6-5-11(7-17(16)28)22-12-3-1-2-4-13(12)23(15-9-19(30)18(29)8-14(15)22)24-25(33)20(31)10-21(32)26(24)34/h1-10H. The maximum Gasteiger partial charge on any atom is 0.169 e. The molecule has 0 N–H and O–H groups in total. The van der Waals surface area contributed by atoms with Crippen LogP contribution in [-0.4, -0.2) is 0 Å². The van der Waals surface area contributed by atoms with Gasteiger partial charge in [0.25, 0.3) is 0 Å². The highest BCUT2D eigenvalue weighted by Crippen LogP contribution is 2.46. The Bertz CT molecular complexity index is 1610. The lowest BCUT2D eigenvalue weighted by atomic mass is 9.85. The minimum absolute atomic E-state index is 0.0172. The van der Waals surface area contributed by atoms with Gasteiger partial charge in [-0.3, -0.25) is 0 Å². The van der Waals surface area contributed by atoms with E-state index in [0.717, 1.165) is 18.2 Å². The predicted octanol–water partition coefficient (Wildman–Crippen LogP) is 8.44. The molecule has 0 nitrogen and oxygen atoms in total. The van der Waals surface area contributed by atoms with Crippen molar-refractivity contribution in [1.82, 2.24) is 0 Å². The summed E-state index contributed by atoms with van der Waals surface area (Å²) in [5.74, 6) is -11.9. The average molecular weight is 474 g/mol. The van der Waals surface area contributed by atoms with Crippen LogP contribution in [-0.2, 0) is 0 Å². The van der Waals surface area contributed by atoms with Gasteiger partial charge in [-0.1, -0.05) is 30.3 Å². The Balaban J connectivity index is 2.07. The first-order valence-corrected chi connectivity index (χ1v) is 9.81. The van der Waals surface area contributed by atoms with Gasteiger partial charge < -0.3 is 0 Å². The van der Waals surface area contributed by atoms with E-state index in [-0.39, 0.29) is 38.7 Å². The second-order valence-electron chi connectivity index (χ2n) is 7.58. The molecule has 0 saturated heterocycles. The molecule has 0 spiro atoms. The Morgan fingerprint density at radius 2 is 0.853 bits per heavy atom. The van der Waals surface area contributed by atoms with Gasteiger partial charge in [-0.05, 0) is 56.9 Å². The summed E-state index contributed by atoms with van der Waals surface area (Å²) in [4.78, 5) is 0. The van der Waals surface area contributed by atoms with Crippen LogP contribution in [0.3, 0.4) is 0 Å². The number of rotatable bonds is 2. The van der Waals surface area contributed by atoms with Gasteiger partial charge >= 0.3 is 0 Å². The molecule has 0 aliphatic carbocycles. The van der Waals surface area contributed by atoms with Crippen molar-refractivity contribution in [2.24, 2.45) is 0 Å². The number of benzene rings is 5. The van der Waals surface area contributed by atoms with Crippen molar-refractivity contribution in [1.29, 1.82) is 0 Å². The van der Waals surface area contributed by atoms with Gasteiger partial charge in [0.1, 0.15) is 0 Å². The van der Waals surface area contributed by atoms with Crippen LogP contribution in [0.5, 0.6) is 0 Å². The Hall–Kier alpha value is -3.94. The lowest BCUT2D eigenvalue weighted by Crippen LogP contribution is -2.01. The van der Waals surface area contributed by atoms with Crippen molar-refractivity contribution >= 4 is 21.5 Å². The van der Waals surface area contributed by atoms with Crippen LogP contribution >= 0.6 is 0 Å². The third kappa shape index (κ3) is 3.21. The molecule has 0 unspecified atom stereocenters. The fraction of sp³-hybridized carbons (Fsp3) is 0. The summed E-state index contributed by atoms with van der Waals surface area (Å²) in [7, 11) is 0. The highest BCUT2D eigenvalue weighted by Gasteiger charge is 2.26. The van der Waals surface area contributed by atoms with Gasteiger partial charge in [-0.15, -0.1) is 0 Å². The molecule has 8 heteroatoms. The van der Waals surface area contributed by atoms with Crippen molar-refractivity contribution in [3.63, 3.8) is 0 Å². The van der Waals surface area contributed by atoms with Crippen molar-refractivity contribution in [3.8, 4) is 22.3 Å². The molecule has 0 aliphatic heterocycles. The van der Waals surface area contributed by atoms with Crippen LogP contribution in [0.25, 0.3) is 43.8 Å². The van der Waals surface area contributed by atoms with Gasteiger partial charge in [0.2, 0.25) is 0 Å². The zero-order valence-corrected chi connectivity index (χ0v) is 16.8. The largest absolute Gasteiger partial charge is 0.204 e. The quantitative estimate of drug-likeness (QED) is 0.137. The Morgan fingerprint density at radius 1 is 0.353 bits per heavy atom. The number of hydrogen-bond acceptors (Lipinski definition) is 0. The van der Waals surface area contributed by atoms with Crippen LogP contribution in [0.15, 0.2) is 60.7 Å². The molecular formula is C26H10F8. The molecular weight excluding hydrogens is 464 g/mol. The maximum atomic E-state index is 14.8. The lowest BCUT2D eigenvalue weighted by molar-refractivity contribution is 0.458. The van der Waals surface area contributed by atoms with Gasteiger partial charge in [0.05, 0.1) is 5.56 Å². The zero-order chi connectivity index (χ0) is 24.3. The smallest absolute Gasteiger partial charge is 0.169 e. The van der Waals surface area contributed by atoms with E-state index < -0.39 is 57.7 Å². The second kappa shape index (κ2) is 7.83. The maximum absolute atomic E-state index is 14.8. The molecule has 5 aromatic carbocycles. The molecule has 170 valence electrons. The van der Waals surface area contributed by atoms with Crippen LogP contribution in [0, 0.1) is 46.5 Å². The second-order valence-corrected chi connectivity index (χ2v) is 7.58. The first kappa shape index (κ1) is 21.9. The summed E-state index contributed by atoms with van der Waals surface area (Å²) in [6, 6.07) is 10.0. The first-order chi connectivity index (χ1) is 16.2. The molecule has 0 atom stereocenters. The van der Waals surface area contributed by atoms with Crippen molar-refractivity contribution < 1.29 is 35.1 Å². The fourth-order valence-electron chi connectivity index (χ4n) is 4.19. The number of hydrogen-bond donors (Lipinski definition) is 0. The molecule has 0 heterocycles. The van der Waals surface area contributed by atoms with E-state index in [0.29, 0.717) is 6.07 Å².